The smallest absolute Gasteiger partial charge is 0.0596 e. The van der Waals surface area contributed by atoms with Crippen LogP contribution in [0.4, 0.5) is 0 Å². The molecule has 5 saturated carbocycles. The lowest BCUT2D eigenvalue weighted by atomic mass is 9.90. The van der Waals surface area contributed by atoms with Gasteiger partial charge in [0.2, 0.25) is 0 Å². The van der Waals surface area contributed by atoms with Gasteiger partial charge < -0.3 is 0 Å². The van der Waals surface area contributed by atoms with Crippen molar-refractivity contribution in [2.45, 2.75) is 189 Å². The van der Waals surface area contributed by atoms with Crippen molar-refractivity contribution < 1.29 is 0 Å². The van der Waals surface area contributed by atoms with Crippen molar-refractivity contribution in [1.29, 1.82) is 0 Å². The summed E-state index contributed by atoms with van der Waals surface area (Å²) in [4.78, 5) is 0. The zero-order valence-electron chi connectivity index (χ0n) is 27.7. The van der Waals surface area contributed by atoms with Gasteiger partial charge in [0, 0.05) is 37.2 Å². The molecule has 6 rings (SSSR count). The highest BCUT2D eigenvalue weighted by molar-refractivity contribution is 7.58. The van der Waals surface area contributed by atoms with Gasteiger partial charge >= 0.3 is 0 Å². The number of hydrogen-bond donors (Lipinski definition) is 0. The molecule has 0 saturated heterocycles. The fourth-order valence-corrected chi connectivity index (χ4v) is 19.1. The van der Waals surface area contributed by atoms with Crippen LogP contribution in [0.2, 0.25) is 19.6 Å². The third-order valence-electron chi connectivity index (χ3n) is 12.4. The summed E-state index contributed by atoms with van der Waals surface area (Å²) in [7, 11) is -1.92. The maximum atomic E-state index is 4.07. The van der Waals surface area contributed by atoms with E-state index in [-0.39, 0.29) is 8.22 Å². The Kier molecular flexibility index (Phi) is 10.4. The molecule has 42 heavy (non-hydrogen) atoms. The largest absolute Gasteiger partial charge is 0.264 e. The third-order valence-corrected chi connectivity index (χ3v) is 21.5. The number of hydrogen-bond acceptors (Lipinski definition) is 2. The van der Waals surface area contributed by atoms with Crippen LogP contribution in [0.25, 0.3) is 6.08 Å². The van der Waals surface area contributed by atoms with E-state index in [1.54, 1.807) is 5.56 Å². The Morgan fingerprint density at radius 2 is 0.976 bits per heavy atom. The normalized spacial score (nSPS) is 29.4. The summed E-state index contributed by atoms with van der Waals surface area (Å²) in [5.41, 5.74) is 2.92. The van der Waals surface area contributed by atoms with E-state index in [1.165, 1.54) is 140 Å². The lowest BCUT2D eigenvalue weighted by Gasteiger charge is -2.59. The van der Waals surface area contributed by atoms with Crippen molar-refractivity contribution >= 4 is 22.4 Å². The summed E-state index contributed by atoms with van der Waals surface area (Å²) in [6.45, 7) is 12.4. The van der Waals surface area contributed by atoms with Crippen LogP contribution in [-0.4, -0.2) is 46.4 Å². The van der Waals surface area contributed by atoms with Gasteiger partial charge in [-0.3, -0.25) is 9.34 Å². The van der Waals surface area contributed by atoms with E-state index in [9.17, 15) is 0 Å². The molecule has 234 valence electrons. The van der Waals surface area contributed by atoms with Gasteiger partial charge in [0.25, 0.3) is 0 Å². The second-order valence-electron chi connectivity index (χ2n) is 16.0. The van der Waals surface area contributed by atoms with Crippen LogP contribution >= 0.6 is 8.22 Å². The molecule has 5 fully saturated rings. The Bertz CT molecular complexity index is 919. The zero-order valence-corrected chi connectivity index (χ0v) is 29.6. The standard InChI is InChI=1S/C38H63N2PSi/c1-5-31-26-28-32(29-27-31)37-30-38(37,42(2,3)4)41(39(33-18-10-6-11-19-33)34-20-12-7-13-21-34)40(35-22-14-8-15-23-35)36-24-16-9-17-25-36/h5,26-29,33-37H,1,6-25,30H2,2-4H3/t37-,38+/m0/s1. The highest BCUT2D eigenvalue weighted by atomic mass is 31.1. The first kappa shape index (κ1) is 31.5. The maximum absolute atomic E-state index is 4.07. The summed E-state index contributed by atoms with van der Waals surface area (Å²) in [6, 6.07) is 13.1. The summed E-state index contributed by atoms with van der Waals surface area (Å²) in [6.07, 6.45) is 32.9. The second-order valence-corrected chi connectivity index (χ2v) is 24.1. The minimum atomic E-state index is -1.56. The summed E-state index contributed by atoms with van der Waals surface area (Å²) < 4.78 is 7.38. The number of nitrogens with zero attached hydrogens (tertiary/aromatic N) is 2. The molecular formula is C38H63N2PSi. The Morgan fingerprint density at radius 3 is 1.29 bits per heavy atom. The maximum Gasteiger partial charge on any atom is 0.0596 e. The predicted molar refractivity (Wildman–Crippen MR) is 188 cm³/mol. The highest BCUT2D eigenvalue weighted by Crippen LogP contribution is 2.79. The summed E-state index contributed by atoms with van der Waals surface area (Å²) in [5.74, 6) is 0.749. The first-order valence-electron chi connectivity index (χ1n) is 18.5. The molecule has 0 aliphatic heterocycles. The average molecular weight is 607 g/mol. The van der Waals surface area contributed by atoms with E-state index in [0.717, 1.165) is 30.1 Å². The Balaban J connectivity index is 1.50. The second kappa shape index (κ2) is 13.9. The highest BCUT2D eigenvalue weighted by Gasteiger charge is 2.70. The minimum Gasteiger partial charge on any atom is -0.264 e. The van der Waals surface area contributed by atoms with Crippen LogP contribution < -0.4 is 0 Å². The molecule has 0 spiro atoms. The molecule has 0 bridgehead atoms. The molecule has 0 radical (unpaired) electrons. The van der Waals surface area contributed by atoms with E-state index in [4.69, 9.17) is 0 Å². The van der Waals surface area contributed by atoms with Gasteiger partial charge in [0.1, 0.15) is 0 Å². The molecule has 0 heterocycles. The molecule has 0 N–H and O–H groups in total. The quantitative estimate of drug-likeness (QED) is 0.193. The molecule has 1 aromatic carbocycles. The van der Waals surface area contributed by atoms with Crippen molar-refractivity contribution in [1.82, 2.24) is 9.34 Å². The van der Waals surface area contributed by atoms with E-state index >= 15 is 0 Å². The van der Waals surface area contributed by atoms with Crippen LogP contribution in [0.5, 0.6) is 0 Å². The zero-order chi connectivity index (χ0) is 29.2. The van der Waals surface area contributed by atoms with E-state index in [2.05, 4.69) is 59.8 Å². The third kappa shape index (κ3) is 6.43. The summed E-state index contributed by atoms with van der Waals surface area (Å²) >= 11 is 0. The molecule has 4 heteroatoms. The van der Waals surface area contributed by atoms with Gasteiger partial charge in [0.05, 0.1) is 8.07 Å². The molecule has 1 aromatic rings. The van der Waals surface area contributed by atoms with Gasteiger partial charge in [-0.05, 0) is 74.8 Å². The SMILES string of the molecule is C=Cc1ccc([C@@H]2C[C@@]2(P(N(C2CCCCC2)C2CCCCC2)N(C2CCCCC2)C2CCCCC2)[Si](C)(C)C)cc1. The monoisotopic (exact) mass is 606 g/mol. The van der Waals surface area contributed by atoms with Crippen LogP contribution in [0, 0.1) is 0 Å². The average Bonchev–Trinajstić information content (AvgIpc) is 3.80. The topological polar surface area (TPSA) is 6.48 Å². The van der Waals surface area contributed by atoms with E-state index in [0.29, 0.717) is 4.78 Å². The van der Waals surface area contributed by atoms with Gasteiger partial charge in [0.15, 0.2) is 0 Å². The molecule has 0 aromatic heterocycles. The van der Waals surface area contributed by atoms with Gasteiger partial charge in [-0.1, -0.05) is 134 Å². The Hall–Kier alpha value is -0.473. The Labute approximate surface area is 262 Å². The van der Waals surface area contributed by atoms with Gasteiger partial charge in [-0.15, -0.1) is 0 Å². The van der Waals surface area contributed by atoms with Crippen LogP contribution in [0.15, 0.2) is 30.8 Å². The molecule has 0 unspecified atom stereocenters. The lowest BCUT2D eigenvalue weighted by molar-refractivity contribution is 0.130. The van der Waals surface area contributed by atoms with Gasteiger partial charge in [-0.2, -0.15) is 0 Å². The molecule has 0 amide bonds. The van der Waals surface area contributed by atoms with Gasteiger partial charge in [-0.25, -0.2) is 0 Å². The summed E-state index contributed by atoms with van der Waals surface area (Å²) in [5, 5.41) is 0. The van der Waals surface area contributed by atoms with Crippen LogP contribution in [-0.2, 0) is 0 Å². The Morgan fingerprint density at radius 1 is 0.619 bits per heavy atom. The van der Waals surface area contributed by atoms with Crippen molar-refractivity contribution in [2.24, 2.45) is 0 Å². The molecule has 2 nitrogen and oxygen atoms in total. The molecule has 5 aliphatic rings. The van der Waals surface area contributed by atoms with Crippen molar-refractivity contribution in [3.8, 4) is 0 Å². The predicted octanol–water partition coefficient (Wildman–Crippen LogP) is 11.7. The lowest BCUT2D eigenvalue weighted by Crippen LogP contribution is -2.57. The van der Waals surface area contributed by atoms with Crippen molar-refractivity contribution in [2.75, 3.05) is 0 Å². The van der Waals surface area contributed by atoms with E-state index in [1.807, 2.05) is 6.08 Å². The van der Waals surface area contributed by atoms with Crippen molar-refractivity contribution in [3.63, 3.8) is 0 Å². The number of benzene rings is 1. The molecule has 2 atom stereocenters. The fraction of sp³-hybridized carbons (Fsp3) is 0.789. The minimum absolute atomic E-state index is 0.365. The first-order valence-corrected chi connectivity index (χ1v) is 23.3. The van der Waals surface area contributed by atoms with E-state index < -0.39 is 8.07 Å². The van der Waals surface area contributed by atoms with Crippen LogP contribution in [0.3, 0.4) is 0 Å². The number of rotatable bonds is 10. The van der Waals surface area contributed by atoms with Crippen molar-refractivity contribution in [3.05, 3.63) is 42.0 Å². The fourth-order valence-electron chi connectivity index (χ4n) is 9.99. The molecular weight excluding hydrogens is 543 g/mol. The molecule has 5 aliphatic carbocycles. The first-order chi connectivity index (χ1) is 20.4. The van der Waals surface area contributed by atoms with Crippen LogP contribution in [0.1, 0.15) is 152 Å².